The molecule has 5 nitrogen and oxygen atoms in total. The molecule has 1 aliphatic rings. The van der Waals surface area contributed by atoms with E-state index in [-0.39, 0.29) is 31.2 Å². The van der Waals surface area contributed by atoms with Crippen molar-refractivity contribution < 1.29 is 19.1 Å². The van der Waals surface area contributed by atoms with Crippen molar-refractivity contribution in [3.05, 3.63) is 35.6 Å². The van der Waals surface area contributed by atoms with Crippen LogP contribution in [0.2, 0.25) is 0 Å². The summed E-state index contributed by atoms with van der Waals surface area (Å²) >= 11 is 0. The van der Waals surface area contributed by atoms with Crippen LogP contribution in [0.1, 0.15) is 25.8 Å². The number of β-amino-alcohol motifs (C(OH)–C–C–N with tert-alkyl or cyclic N) is 1. The number of likely N-dealkylation sites (tertiary alicyclic amines) is 1. The molecule has 0 bridgehead atoms. The Morgan fingerprint density at radius 3 is 2.57 bits per heavy atom. The van der Waals surface area contributed by atoms with Crippen LogP contribution in [-0.4, -0.2) is 58.5 Å². The smallest absolute Gasteiger partial charge is 0.245 e. The fourth-order valence-corrected chi connectivity index (χ4v) is 2.98. The number of aliphatic hydroxyl groups is 1. The molecule has 2 unspecified atom stereocenters. The lowest BCUT2D eigenvalue weighted by molar-refractivity contribution is -0.143. The number of nitrogens with zero attached hydrogens (tertiary/aromatic N) is 2. The Balaban J connectivity index is 2.14. The Bertz CT molecular complexity index is 575. The first kappa shape index (κ1) is 17.4. The number of amides is 2. The first-order valence-electron chi connectivity index (χ1n) is 7.97. The zero-order valence-corrected chi connectivity index (χ0v) is 13.5. The van der Waals surface area contributed by atoms with Crippen molar-refractivity contribution in [2.24, 2.45) is 0 Å². The molecule has 1 aromatic carbocycles. The average molecular weight is 322 g/mol. The maximum atomic E-state index is 13.7. The maximum absolute atomic E-state index is 13.7. The van der Waals surface area contributed by atoms with Crippen molar-refractivity contribution in [1.29, 1.82) is 0 Å². The molecule has 126 valence electrons. The number of likely N-dealkylation sites (N-methyl/N-ethyl adjacent to an activating group) is 1. The Morgan fingerprint density at radius 1 is 1.30 bits per heavy atom. The van der Waals surface area contributed by atoms with Crippen molar-refractivity contribution in [3.63, 3.8) is 0 Å². The van der Waals surface area contributed by atoms with Crippen LogP contribution in [0, 0.1) is 5.82 Å². The van der Waals surface area contributed by atoms with E-state index < -0.39 is 18.0 Å². The number of carbonyl (C=O) groups excluding carboxylic acids is 2. The van der Waals surface area contributed by atoms with Gasteiger partial charge in [-0.1, -0.05) is 18.2 Å². The van der Waals surface area contributed by atoms with E-state index in [0.29, 0.717) is 18.7 Å². The first-order valence-corrected chi connectivity index (χ1v) is 7.97. The fraction of sp³-hybridized carbons (Fsp3) is 0.529. The van der Waals surface area contributed by atoms with Crippen LogP contribution in [0.15, 0.2) is 24.3 Å². The highest BCUT2D eigenvalue weighted by molar-refractivity contribution is 5.89. The molecule has 2 rings (SSSR count). The Hall–Kier alpha value is -1.95. The van der Waals surface area contributed by atoms with Crippen LogP contribution >= 0.6 is 0 Å². The van der Waals surface area contributed by atoms with Crippen molar-refractivity contribution in [3.8, 4) is 0 Å². The number of benzene rings is 1. The van der Waals surface area contributed by atoms with Gasteiger partial charge in [0.15, 0.2) is 0 Å². The van der Waals surface area contributed by atoms with Gasteiger partial charge in [0.05, 0.1) is 12.5 Å². The van der Waals surface area contributed by atoms with Gasteiger partial charge in [0.1, 0.15) is 11.9 Å². The molecule has 6 heteroatoms. The molecule has 0 saturated carbocycles. The summed E-state index contributed by atoms with van der Waals surface area (Å²) in [7, 11) is 0. The quantitative estimate of drug-likeness (QED) is 0.886. The summed E-state index contributed by atoms with van der Waals surface area (Å²) in [5, 5.41) is 9.88. The lowest BCUT2D eigenvalue weighted by Gasteiger charge is -2.28. The number of rotatable bonds is 5. The van der Waals surface area contributed by atoms with E-state index in [2.05, 4.69) is 0 Å². The molecule has 0 aromatic heterocycles. The van der Waals surface area contributed by atoms with Crippen LogP contribution in [0.3, 0.4) is 0 Å². The third kappa shape index (κ3) is 3.88. The highest BCUT2D eigenvalue weighted by Crippen LogP contribution is 2.22. The zero-order chi connectivity index (χ0) is 17.0. The molecule has 1 aromatic rings. The van der Waals surface area contributed by atoms with Gasteiger partial charge in [0.2, 0.25) is 11.8 Å². The lowest BCUT2D eigenvalue weighted by Crippen LogP contribution is -2.48. The summed E-state index contributed by atoms with van der Waals surface area (Å²) in [6.07, 6.45) is -0.594. The minimum atomic E-state index is -0.718. The van der Waals surface area contributed by atoms with E-state index in [1.54, 1.807) is 23.1 Å². The molecule has 0 aliphatic carbocycles. The molecule has 1 fully saturated rings. The molecular formula is C17H23FN2O3. The third-order valence-electron chi connectivity index (χ3n) is 4.26. The maximum Gasteiger partial charge on any atom is 0.245 e. The monoisotopic (exact) mass is 322 g/mol. The van der Waals surface area contributed by atoms with E-state index >= 15 is 0 Å². The second kappa shape index (κ2) is 7.55. The van der Waals surface area contributed by atoms with Crippen molar-refractivity contribution in [2.45, 2.75) is 38.8 Å². The highest BCUT2D eigenvalue weighted by atomic mass is 19.1. The summed E-state index contributed by atoms with van der Waals surface area (Å²) in [4.78, 5) is 28.1. The van der Waals surface area contributed by atoms with Crippen LogP contribution in [0.25, 0.3) is 0 Å². The Morgan fingerprint density at radius 2 is 1.96 bits per heavy atom. The molecule has 2 atom stereocenters. The van der Waals surface area contributed by atoms with Crippen molar-refractivity contribution in [1.82, 2.24) is 9.80 Å². The molecule has 0 spiro atoms. The topological polar surface area (TPSA) is 60.9 Å². The van der Waals surface area contributed by atoms with Gasteiger partial charge in [-0.25, -0.2) is 4.39 Å². The van der Waals surface area contributed by atoms with E-state index in [4.69, 9.17) is 0 Å². The SMILES string of the molecule is CCN(CC)C(=O)C1CC(O)CN1C(=O)Cc1ccccc1F. The average Bonchev–Trinajstić information content (AvgIpc) is 2.92. The summed E-state index contributed by atoms with van der Waals surface area (Å²) in [6, 6.07) is 5.43. The van der Waals surface area contributed by atoms with Crippen LogP contribution < -0.4 is 0 Å². The summed E-state index contributed by atoms with van der Waals surface area (Å²) < 4.78 is 13.7. The number of carbonyl (C=O) groups is 2. The standard InChI is InChI=1S/C17H23FN2O3/c1-3-19(4-2)17(23)15-10-13(21)11-20(15)16(22)9-12-7-5-6-8-14(12)18/h5-8,13,15,21H,3-4,9-11H2,1-2H3. The molecule has 1 N–H and O–H groups in total. The van der Waals surface area contributed by atoms with Crippen LogP contribution in [0.4, 0.5) is 4.39 Å². The number of hydrogen-bond acceptors (Lipinski definition) is 3. The van der Waals surface area contributed by atoms with E-state index in [1.165, 1.54) is 11.0 Å². The Labute approximate surface area is 135 Å². The molecule has 23 heavy (non-hydrogen) atoms. The predicted molar refractivity (Wildman–Crippen MR) is 84.2 cm³/mol. The van der Waals surface area contributed by atoms with Gasteiger partial charge in [0, 0.05) is 26.1 Å². The van der Waals surface area contributed by atoms with Gasteiger partial charge in [-0.2, -0.15) is 0 Å². The van der Waals surface area contributed by atoms with Gasteiger partial charge in [-0.15, -0.1) is 0 Å². The molecule has 0 radical (unpaired) electrons. The Kier molecular flexibility index (Phi) is 5.71. The fourth-order valence-electron chi connectivity index (χ4n) is 2.98. The minimum absolute atomic E-state index is 0.110. The van der Waals surface area contributed by atoms with Crippen molar-refractivity contribution in [2.75, 3.05) is 19.6 Å². The van der Waals surface area contributed by atoms with E-state index in [1.807, 2.05) is 13.8 Å². The van der Waals surface area contributed by atoms with E-state index in [9.17, 15) is 19.1 Å². The van der Waals surface area contributed by atoms with Crippen LogP contribution in [0.5, 0.6) is 0 Å². The van der Waals surface area contributed by atoms with Crippen molar-refractivity contribution >= 4 is 11.8 Å². The minimum Gasteiger partial charge on any atom is -0.391 e. The summed E-state index contributed by atoms with van der Waals surface area (Å²) in [5.74, 6) is -0.933. The van der Waals surface area contributed by atoms with Gasteiger partial charge >= 0.3 is 0 Å². The number of halogens is 1. The first-order chi connectivity index (χ1) is 11.0. The summed E-state index contributed by atoms with van der Waals surface area (Å²) in [5.41, 5.74) is 0.299. The normalized spacial score (nSPS) is 20.6. The lowest BCUT2D eigenvalue weighted by atomic mass is 10.1. The second-order valence-corrected chi connectivity index (χ2v) is 5.73. The predicted octanol–water partition coefficient (Wildman–Crippen LogP) is 1.20. The zero-order valence-electron chi connectivity index (χ0n) is 13.5. The van der Waals surface area contributed by atoms with Crippen LogP contribution in [-0.2, 0) is 16.0 Å². The van der Waals surface area contributed by atoms with Gasteiger partial charge in [0.25, 0.3) is 0 Å². The second-order valence-electron chi connectivity index (χ2n) is 5.73. The molecular weight excluding hydrogens is 299 g/mol. The van der Waals surface area contributed by atoms with Gasteiger partial charge in [-0.05, 0) is 25.5 Å². The van der Waals surface area contributed by atoms with E-state index in [0.717, 1.165) is 0 Å². The third-order valence-corrected chi connectivity index (χ3v) is 4.26. The largest absolute Gasteiger partial charge is 0.391 e. The number of hydrogen-bond donors (Lipinski definition) is 1. The number of aliphatic hydroxyl groups excluding tert-OH is 1. The van der Waals surface area contributed by atoms with Gasteiger partial charge < -0.3 is 14.9 Å². The highest BCUT2D eigenvalue weighted by Gasteiger charge is 2.40. The molecule has 2 amide bonds. The van der Waals surface area contributed by atoms with Gasteiger partial charge in [-0.3, -0.25) is 9.59 Å². The molecule has 1 heterocycles. The molecule has 1 aliphatic heterocycles. The molecule has 1 saturated heterocycles. The summed E-state index contributed by atoms with van der Waals surface area (Å²) in [6.45, 7) is 4.97.